The number of rotatable bonds is 6. The van der Waals surface area contributed by atoms with Gasteiger partial charge in [-0.1, -0.05) is 0 Å². The molecule has 0 bridgehead atoms. The minimum atomic E-state index is -0.700. The summed E-state index contributed by atoms with van der Waals surface area (Å²) in [5.41, 5.74) is -0.913. The van der Waals surface area contributed by atoms with E-state index in [9.17, 15) is 14.4 Å². The number of aliphatic hydroxyl groups excluding tert-OH is 1. The smallest absolute Gasteiger partial charge is 0.407 e. The summed E-state index contributed by atoms with van der Waals surface area (Å²) in [5, 5.41) is 23.5. The topological polar surface area (TPSA) is 134 Å². The molecule has 0 aromatic carbocycles. The van der Waals surface area contributed by atoms with Crippen molar-refractivity contribution in [3.8, 4) is 0 Å². The van der Waals surface area contributed by atoms with Crippen molar-refractivity contribution < 1.29 is 34.1 Å². The van der Waals surface area contributed by atoms with E-state index in [2.05, 4.69) is 10.6 Å². The lowest BCUT2D eigenvalue weighted by Crippen LogP contribution is -2.36. The van der Waals surface area contributed by atoms with Gasteiger partial charge in [-0.2, -0.15) is 0 Å². The zero-order valence-electron chi connectivity index (χ0n) is 22.5. The van der Waals surface area contributed by atoms with Crippen LogP contribution >= 0.6 is 0 Å². The van der Waals surface area contributed by atoms with Crippen LogP contribution in [0.1, 0.15) is 92.9 Å². The highest BCUT2D eigenvalue weighted by atomic mass is 16.6. The number of amides is 2. The SMILES string of the molecule is CC(C)(C)OC(=O)NCC1CCC(C(=O)O)CC1.CC(C)(C)OC(=O)NCC1CCC(CO)CC1. The number of carboxylic acids is 1. The molecule has 2 fully saturated rings. The van der Waals surface area contributed by atoms with Crippen molar-refractivity contribution in [2.45, 2.75) is 104 Å². The van der Waals surface area contributed by atoms with E-state index in [0.717, 1.165) is 38.5 Å². The zero-order valence-corrected chi connectivity index (χ0v) is 22.5. The van der Waals surface area contributed by atoms with Crippen LogP contribution < -0.4 is 10.6 Å². The molecule has 0 radical (unpaired) electrons. The third kappa shape index (κ3) is 14.9. The lowest BCUT2D eigenvalue weighted by Gasteiger charge is -2.27. The predicted octanol–water partition coefficient (Wildman–Crippen LogP) is 4.71. The average Bonchev–Trinajstić information content (AvgIpc) is 2.75. The zero-order chi connectivity index (χ0) is 26.6. The Morgan fingerprint density at radius 1 is 0.686 bits per heavy atom. The summed E-state index contributed by atoms with van der Waals surface area (Å²) in [5.74, 6) is 0.461. The molecule has 0 aromatic rings. The number of carbonyl (C=O) groups excluding carboxylic acids is 2. The van der Waals surface area contributed by atoms with Crippen LogP contribution in [0.3, 0.4) is 0 Å². The minimum absolute atomic E-state index is 0.206. The first kappa shape index (κ1) is 31.0. The Bertz CT molecular complexity index is 654. The first-order valence-corrected chi connectivity index (χ1v) is 13.0. The molecular formula is C26H48N2O7. The summed E-state index contributed by atoms with van der Waals surface area (Å²) >= 11 is 0. The van der Waals surface area contributed by atoms with Crippen LogP contribution in [0.5, 0.6) is 0 Å². The van der Waals surface area contributed by atoms with Crippen molar-refractivity contribution in [2.75, 3.05) is 19.7 Å². The summed E-state index contributed by atoms with van der Waals surface area (Å²) in [4.78, 5) is 33.7. The van der Waals surface area contributed by atoms with Crippen LogP contribution in [0, 0.1) is 23.7 Å². The highest BCUT2D eigenvalue weighted by molar-refractivity contribution is 5.70. The molecule has 0 unspecified atom stereocenters. The Morgan fingerprint density at radius 2 is 1.03 bits per heavy atom. The quantitative estimate of drug-likeness (QED) is 0.415. The third-order valence-corrected chi connectivity index (χ3v) is 6.29. The van der Waals surface area contributed by atoms with Crippen molar-refractivity contribution in [1.82, 2.24) is 10.6 Å². The summed E-state index contributed by atoms with van der Waals surface area (Å²) in [6.07, 6.45) is 6.69. The van der Waals surface area contributed by atoms with Gasteiger partial charge in [-0.15, -0.1) is 0 Å². The molecule has 0 aliphatic heterocycles. The van der Waals surface area contributed by atoms with E-state index >= 15 is 0 Å². The highest BCUT2D eigenvalue weighted by Crippen LogP contribution is 2.29. The van der Waals surface area contributed by atoms with Gasteiger partial charge in [0.25, 0.3) is 0 Å². The molecule has 2 amide bonds. The number of carboxylic acid groups (broad SMARTS) is 1. The standard InChI is InChI=1S/C13H23NO4.C13H25NO3/c1-13(2,3)18-12(17)14-8-9-4-6-10(7-5-9)11(15)16;1-13(2,3)17-12(16)14-8-10-4-6-11(9-15)7-5-10/h9-10H,4-8H2,1-3H3,(H,14,17)(H,15,16);10-11,15H,4-9H2,1-3H3,(H,14,16). The molecule has 204 valence electrons. The van der Waals surface area contributed by atoms with Gasteiger partial charge in [-0.05, 0) is 111 Å². The van der Waals surface area contributed by atoms with Gasteiger partial charge in [0.05, 0.1) is 5.92 Å². The van der Waals surface area contributed by atoms with Gasteiger partial charge in [-0.3, -0.25) is 4.79 Å². The van der Waals surface area contributed by atoms with Gasteiger partial charge in [-0.25, -0.2) is 9.59 Å². The summed E-state index contributed by atoms with van der Waals surface area (Å²) in [7, 11) is 0. The van der Waals surface area contributed by atoms with Gasteiger partial charge < -0.3 is 30.3 Å². The van der Waals surface area contributed by atoms with Crippen LogP contribution in [0.4, 0.5) is 9.59 Å². The number of carbonyl (C=O) groups is 3. The van der Waals surface area contributed by atoms with Crippen molar-refractivity contribution in [2.24, 2.45) is 23.7 Å². The number of aliphatic hydroxyl groups is 1. The first-order valence-electron chi connectivity index (χ1n) is 13.0. The van der Waals surface area contributed by atoms with Crippen molar-refractivity contribution >= 4 is 18.2 Å². The summed E-state index contributed by atoms with van der Waals surface area (Å²) in [6, 6.07) is 0. The van der Waals surface area contributed by atoms with E-state index in [1.165, 1.54) is 0 Å². The van der Waals surface area contributed by atoms with Crippen LogP contribution in [-0.4, -0.2) is 59.3 Å². The molecule has 0 heterocycles. The molecular weight excluding hydrogens is 452 g/mol. The van der Waals surface area contributed by atoms with Crippen molar-refractivity contribution in [1.29, 1.82) is 0 Å². The largest absolute Gasteiger partial charge is 0.481 e. The lowest BCUT2D eigenvalue weighted by molar-refractivity contribution is -0.143. The minimum Gasteiger partial charge on any atom is -0.481 e. The monoisotopic (exact) mass is 500 g/mol. The third-order valence-electron chi connectivity index (χ3n) is 6.29. The fourth-order valence-corrected chi connectivity index (χ4v) is 4.32. The van der Waals surface area contributed by atoms with Crippen molar-refractivity contribution in [3.05, 3.63) is 0 Å². The van der Waals surface area contributed by atoms with Gasteiger partial charge in [0.15, 0.2) is 0 Å². The number of ether oxygens (including phenoxy) is 2. The molecule has 35 heavy (non-hydrogen) atoms. The Labute approximate surface area is 210 Å². The van der Waals surface area contributed by atoms with Crippen LogP contribution in [-0.2, 0) is 14.3 Å². The summed E-state index contributed by atoms with van der Waals surface area (Å²) in [6.45, 7) is 12.6. The maximum absolute atomic E-state index is 11.4. The van der Waals surface area contributed by atoms with E-state index in [1.54, 1.807) is 0 Å². The van der Waals surface area contributed by atoms with Crippen LogP contribution in [0.2, 0.25) is 0 Å². The van der Waals surface area contributed by atoms with E-state index in [1.807, 2.05) is 41.5 Å². The molecule has 9 nitrogen and oxygen atoms in total. The second-order valence-corrected chi connectivity index (χ2v) is 11.9. The number of hydrogen-bond acceptors (Lipinski definition) is 6. The van der Waals surface area contributed by atoms with Gasteiger partial charge in [0, 0.05) is 19.7 Å². The predicted molar refractivity (Wildman–Crippen MR) is 134 cm³/mol. The Morgan fingerprint density at radius 3 is 1.34 bits per heavy atom. The molecule has 4 N–H and O–H groups in total. The number of alkyl carbamates (subject to hydrolysis) is 2. The molecule has 0 aromatic heterocycles. The van der Waals surface area contributed by atoms with Gasteiger partial charge >= 0.3 is 18.2 Å². The van der Waals surface area contributed by atoms with Crippen LogP contribution in [0.15, 0.2) is 0 Å². The average molecular weight is 501 g/mol. The second kappa shape index (κ2) is 14.5. The maximum atomic E-state index is 11.4. The fourth-order valence-electron chi connectivity index (χ4n) is 4.32. The molecule has 2 aliphatic carbocycles. The fraction of sp³-hybridized carbons (Fsp3) is 0.885. The number of nitrogens with one attached hydrogen (secondary N) is 2. The molecule has 2 rings (SSSR count). The normalized spacial score (nSPS) is 24.9. The molecule has 0 atom stereocenters. The molecule has 2 saturated carbocycles. The van der Waals surface area contributed by atoms with E-state index in [0.29, 0.717) is 50.3 Å². The van der Waals surface area contributed by atoms with Crippen LogP contribution in [0.25, 0.3) is 0 Å². The molecule has 9 heteroatoms. The number of hydrogen-bond donors (Lipinski definition) is 4. The lowest BCUT2D eigenvalue weighted by atomic mass is 9.82. The molecule has 0 saturated heterocycles. The Balaban J connectivity index is 0.000000351. The van der Waals surface area contributed by atoms with Gasteiger partial charge in [0.2, 0.25) is 0 Å². The maximum Gasteiger partial charge on any atom is 0.407 e. The second-order valence-electron chi connectivity index (χ2n) is 11.9. The van der Waals surface area contributed by atoms with E-state index in [4.69, 9.17) is 19.7 Å². The van der Waals surface area contributed by atoms with E-state index in [-0.39, 0.29) is 12.0 Å². The molecule has 2 aliphatic rings. The summed E-state index contributed by atoms with van der Waals surface area (Å²) < 4.78 is 10.3. The molecule has 0 spiro atoms. The van der Waals surface area contributed by atoms with Crippen molar-refractivity contribution in [3.63, 3.8) is 0 Å². The first-order chi connectivity index (χ1) is 16.2. The Kier molecular flexibility index (Phi) is 12.9. The number of aliphatic carboxylic acids is 1. The Hall–Kier alpha value is -2.03. The van der Waals surface area contributed by atoms with Gasteiger partial charge in [0.1, 0.15) is 11.2 Å². The highest BCUT2D eigenvalue weighted by Gasteiger charge is 2.26. The van der Waals surface area contributed by atoms with E-state index < -0.39 is 23.3 Å².